The van der Waals surface area contributed by atoms with Crippen LogP contribution >= 0.6 is 0 Å². The first-order valence-electron chi connectivity index (χ1n) is 4.03. The van der Waals surface area contributed by atoms with Gasteiger partial charge in [-0.25, -0.2) is 0 Å². The molecule has 60 valence electrons. The molecule has 1 heterocycles. The number of rotatable bonds is 2. The highest BCUT2D eigenvalue weighted by Gasteiger charge is 2.15. The molecule has 1 aliphatic heterocycles. The summed E-state index contributed by atoms with van der Waals surface area (Å²) in [5.74, 6) is 0. The molecule has 0 spiro atoms. The molecular weight excluding hydrogens is 128 g/mol. The van der Waals surface area contributed by atoms with E-state index < -0.39 is 0 Å². The fourth-order valence-electron chi connectivity index (χ4n) is 1.36. The molecule has 3 heteroatoms. The minimum Gasteiger partial charge on any atom is -0.370 e. The van der Waals surface area contributed by atoms with E-state index >= 15 is 0 Å². The third kappa shape index (κ3) is 2.64. The molecule has 0 bridgehead atoms. The summed E-state index contributed by atoms with van der Waals surface area (Å²) in [5.41, 5.74) is 3.97. The Morgan fingerprint density at radius 3 is 2.60 bits per heavy atom. The van der Waals surface area contributed by atoms with Crippen molar-refractivity contribution in [3.63, 3.8) is 0 Å². The Morgan fingerprint density at radius 2 is 2.10 bits per heavy atom. The quantitative estimate of drug-likeness (QED) is 0.445. The van der Waals surface area contributed by atoms with Crippen LogP contribution in [-0.4, -0.2) is 38.9 Å². The highest BCUT2D eigenvalue weighted by molar-refractivity contribution is 4.42. The molecule has 0 aromatic rings. The molecule has 1 fully saturated rings. The van der Waals surface area contributed by atoms with Gasteiger partial charge in [-0.05, 0) is 6.92 Å². The summed E-state index contributed by atoms with van der Waals surface area (Å²) >= 11 is 0. The summed E-state index contributed by atoms with van der Waals surface area (Å²) in [4.78, 5) is 1.65. The summed E-state index contributed by atoms with van der Waals surface area (Å²) in [6.07, 6.45) is 0. The van der Waals surface area contributed by atoms with Crippen molar-refractivity contribution in [2.45, 2.75) is 13.0 Å². The van der Waals surface area contributed by atoms with E-state index in [4.69, 9.17) is 4.74 Å². The van der Waals surface area contributed by atoms with Crippen LogP contribution in [0.2, 0.25) is 0 Å². The van der Waals surface area contributed by atoms with Gasteiger partial charge in [-0.2, -0.15) is 0 Å². The maximum absolute atomic E-state index is 5.24. The lowest BCUT2D eigenvalue weighted by Crippen LogP contribution is -3.16. The number of hydrogen-bond donors (Lipinski definition) is 2. The topological polar surface area (TPSA) is 41.3 Å². The van der Waals surface area contributed by atoms with E-state index in [1.165, 1.54) is 19.6 Å². The molecule has 1 aliphatic rings. The lowest BCUT2D eigenvalue weighted by Gasteiger charge is -2.23. The molecule has 0 radical (unpaired) electrons. The monoisotopic (exact) mass is 146 g/mol. The van der Waals surface area contributed by atoms with Gasteiger partial charge in [-0.3, -0.25) is 0 Å². The number of morpholine rings is 1. The van der Waals surface area contributed by atoms with E-state index in [9.17, 15) is 0 Å². The average Bonchev–Trinajstić information content (AvgIpc) is 1.88. The molecule has 0 unspecified atom stereocenters. The van der Waals surface area contributed by atoms with Crippen LogP contribution < -0.4 is 10.6 Å². The third-order valence-corrected chi connectivity index (χ3v) is 1.84. The largest absolute Gasteiger partial charge is 0.370 e. The molecule has 3 nitrogen and oxygen atoms in total. The second kappa shape index (κ2) is 3.91. The Morgan fingerprint density at radius 1 is 1.50 bits per heavy atom. The van der Waals surface area contributed by atoms with Crippen molar-refractivity contribution in [3.05, 3.63) is 0 Å². The van der Waals surface area contributed by atoms with Crippen LogP contribution in [0.5, 0.6) is 0 Å². The van der Waals surface area contributed by atoms with Crippen LogP contribution in [0.25, 0.3) is 0 Å². The predicted molar refractivity (Wildman–Crippen MR) is 38.7 cm³/mol. The molecule has 0 aliphatic carbocycles. The minimum atomic E-state index is 0.577. The van der Waals surface area contributed by atoms with Gasteiger partial charge in [0.2, 0.25) is 0 Å². The fourth-order valence-corrected chi connectivity index (χ4v) is 1.36. The first kappa shape index (κ1) is 7.98. The first-order chi connectivity index (χ1) is 4.79. The average molecular weight is 146 g/mol. The van der Waals surface area contributed by atoms with Gasteiger partial charge < -0.3 is 15.4 Å². The Kier molecular flexibility index (Phi) is 3.12. The fraction of sp³-hybridized carbons (Fsp3) is 1.00. The standard InChI is InChI=1S/C7H16N2O/c1-7(8)6-9-2-4-10-5-3-9/h7H,2-6,8H2,1H3/p+2/t7-/m0/s1. The lowest BCUT2D eigenvalue weighted by molar-refractivity contribution is -0.916. The Bertz CT molecular complexity index is 89.6. The van der Waals surface area contributed by atoms with Crippen LogP contribution in [0.1, 0.15) is 6.92 Å². The summed E-state index contributed by atoms with van der Waals surface area (Å²) in [6, 6.07) is 0.577. The van der Waals surface area contributed by atoms with Crippen LogP contribution in [-0.2, 0) is 4.74 Å². The number of ether oxygens (including phenoxy) is 1. The van der Waals surface area contributed by atoms with E-state index in [1.54, 1.807) is 4.90 Å². The van der Waals surface area contributed by atoms with E-state index in [2.05, 4.69) is 12.7 Å². The van der Waals surface area contributed by atoms with Crippen LogP contribution in [0.15, 0.2) is 0 Å². The third-order valence-electron chi connectivity index (χ3n) is 1.84. The lowest BCUT2D eigenvalue weighted by atomic mass is 10.3. The van der Waals surface area contributed by atoms with Crippen molar-refractivity contribution < 1.29 is 15.4 Å². The van der Waals surface area contributed by atoms with Gasteiger partial charge in [0, 0.05) is 0 Å². The highest BCUT2D eigenvalue weighted by atomic mass is 16.5. The van der Waals surface area contributed by atoms with Crippen molar-refractivity contribution in [2.24, 2.45) is 0 Å². The SMILES string of the molecule is C[C@H]([NH3+])C[NH+]1CCOCC1. The van der Waals surface area contributed by atoms with Crippen molar-refractivity contribution in [1.29, 1.82) is 0 Å². The molecule has 0 aromatic heterocycles. The zero-order valence-corrected chi connectivity index (χ0v) is 6.73. The molecule has 4 N–H and O–H groups in total. The summed E-state index contributed by atoms with van der Waals surface area (Å²) in [7, 11) is 0. The van der Waals surface area contributed by atoms with Gasteiger partial charge in [0.15, 0.2) is 0 Å². The molecule has 1 saturated heterocycles. The van der Waals surface area contributed by atoms with Gasteiger partial charge in [0.05, 0.1) is 13.2 Å². The molecule has 0 amide bonds. The molecular formula is C7H18N2O+2. The molecule has 1 rings (SSSR count). The van der Waals surface area contributed by atoms with Crippen LogP contribution in [0.4, 0.5) is 0 Å². The van der Waals surface area contributed by atoms with Crippen molar-refractivity contribution in [1.82, 2.24) is 0 Å². The first-order valence-corrected chi connectivity index (χ1v) is 4.03. The highest BCUT2D eigenvalue weighted by Crippen LogP contribution is 1.74. The van der Waals surface area contributed by atoms with Gasteiger partial charge in [-0.15, -0.1) is 0 Å². The van der Waals surface area contributed by atoms with Gasteiger partial charge in [0.1, 0.15) is 25.7 Å². The van der Waals surface area contributed by atoms with E-state index in [-0.39, 0.29) is 0 Å². The number of quaternary nitrogens is 2. The summed E-state index contributed by atoms with van der Waals surface area (Å²) in [5, 5.41) is 0. The second-order valence-electron chi connectivity index (χ2n) is 3.17. The smallest absolute Gasteiger partial charge is 0.131 e. The summed E-state index contributed by atoms with van der Waals surface area (Å²) < 4.78 is 5.24. The number of hydrogen-bond acceptors (Lipinski definition) is 1. The second-order valence-corrected chi connectivity index (χ2v) is 3.17. The van der Waals surface area contributed by atoms with Crippen LogP contribution in [0.3, 0.4) is 0 Å². The van der Waals surface area contributed by atoms with Crippen molar-refractivity contribution in [2.75, 3.05) is 32.8 Å². The minimum absolute atomic E-state index is 0.577. The van der Waals surface area contributed by atoms with E-state index in [0.717, 1.165) is 13.2 Å². The molecule has 1 atom stereocenters. The number of nitrogens with one attached hydrogen (secondary N) is 1. The molecule has 0 aromatic carbocycles. The maximum Gasteiger partial charge on any atom is 0.131 e. The Hall–Kier alpha value is -0.120. The zero-order valence-electron chi connectivity index (χ0n) is 6.73. The molecule has 0 saturated carbocycles. The Labute approximate surface area is 62.1 Å². The van der Waals surface area contributed by atoms with Crippen molar-refractivity contribution in [3.8, 4) is 0 Å². The molecule has 10 heavy (non-hydrogen) atoms. The van der Waals surface area contributed by atoms with E-state index in [0.29, 0.717) is 6.04 Å². The van der Waals surface area contributed by atoms with Gasteiger partial charge in [0.25, 0.3) is 0 Å². The Balaban J connectivity index is 2.13. The van der Waals surface area contributed by atoms with E-state index in [1.807, 2.05) is 0 Å². The summed E-state index contributed by atoms with van der Waals surface area (Å²) in [6.45, 7) is 7.57. The van der Waals surface area contributed by atoms with Crippen molar-refractivity contribution >= 4 is 0 Å². The maximum atomic E-state index is 5.24. The predicted octanol–water partition coefficient (Wildman–Crippen LogP) is -2.47. The van der Waals surface area contributed by atoms with Gasteiger partial charge in [-0.1, -0.05) is 0 Å². The van der Waals surface area contributed by atoms with Crippen LogP contribution in [0, 0.1) is 0 Å². The zero-order chi connectivity index (χ0) is 7.40. The normalized spacial score (nSPS) is 24.6. The van der Waals surface area contributed by atoms with Gasteiger partial charge >= 0.3 is 0 Å².